The second-order valence-corrected chi connectivity index (χ2v) is 8.02. The number of carbonyl (C=O) groups excluding carboxylic acids is 2. The lowest BCUT2D eigenvalue weighted by Crippen LogP contribution is -2.54. The van der Waals surface area contributed by atoms with Gasteiger partial charge in [0.05, 0.1) is 0 Å². The molecule has 3 fully saturated rings. The van der Waals surface area contributed by atoms with E-state index in [-0.39, 0.29) is 11.8 Å². The van der Waals surface area contributed by atoms with Gasteiger partial charge in [0.2, 0.25) is 11.8 Å². The Labute approximate surface area is 155 Å². The van der Waals surface area contributed by atoms with E-state index in [9.17, 15) is 9.59 Å². The number of anilines is 1. The Hall–Kier alpha value is -2.11. The first-order chi connectivity index (χ1) is 12.6. The maximum absolute atomic E-state index is 13.1. The van der Waals surface area contributed by atoms with E-state index in [1.165, 1.54) is 0 Å². The SMILES string of the molecule is CC1CCN(C(=O)C2(C(=O)N3CCN(c4ccccn4)CC3)CC2)CC1. The Bertz CT molecular complexity index is 658. The van der Waals surface area contributed by atoms with Crippen LogP contribution < -0.4 is 4.90 Å². The van der Waals surface area contributed by atoms with E-state index in [4.69, 9.17) is 0 Å². The predicted molar refractivity (Wildman–Crippen MR) is 99.7 cm³/mol. The van der Waals surface area contributed by atoms with E-state index in [1.54, 1.807) is 6.20 Å². The number of piperazine rings is 1. The average Bonchev–Trinajstić information content (AvgIpc) is 3.50. The highest BCUT2D eigenvalue weighted by atomic mass is 16.2. The molecule has 0 radical (unpaired) electrons. The van der Waals surface area contributed by atoms with Gasteiger partial charge in [0.1, 0.15) is 11.2 Å². The van der Waals surface area contributed by atoms with Crippen LogP contribution in [0.4, 0.5) is 5.82 Å². The molecule has 2 amide bonds. The highest BCUT2D eigenvalue weighted by Crippen LogP contribution is 2.49. The first kappa shape index (κ1) is 17.3. The third kappa shape index (κ3) is 3.17. The third-order valence-electron chi connectivity index (χ3n) is 6.18. The molecule has 1 aromatic rings. The van der Waals surface area contributed by atoms with Crippen molar-refractivity contribution in [3.8, 4) is 0 Å². The van der Waals surface area contributed by atoms with Gasteiger partial charge in [-0.1, -0.05) is 13.0 Å². The van der Waals surface area contributed by atoms with Crippen LogP contribution in [0, 0.1) is 11.3 Å². The topological polar surface area (TPSA) is 56.8 Å². The van der Waals surface area contributed by atoms with Gasteiger partial charge in [-0.05, 0) is 43.7 Å². The van der Waals surface area contributed by atoms with Gasteiger partial charge in [-0.3, -0.25) is 9.59 Å². The molecule has 2 saturated heterocycles. The molecule has 0 unspecified atom stereocenters. The summed E-state index contributed by atoms with van der Waals surface area (Å²) in [5.74, 6) is 1.78. The molecular formula is C20H28N4O2. The smallest absolute Gasteiger partial charge is 0.238 e. The standard InChI is InChI=1S/C20H28N4O2/c1-16-5-10-23(11-6-16)18(25)20(7-8-20)19(26)24-14-12-22(13-15-24)17-4-2-3-9-21-17/h2-4,9,16H,5-8,10-15H2,1H3. The molecule has 0 bridgehead atoms. The summed E-state index contributed by atoms with van der Waals surface area (Å²) in [4.78, 5) is 36.6. The lowest BCUT2D eigenvalue weighted by Gasteiger charge is -2.38. The highest BCUT2D eigenvalue weighted by Gasteiger charge is 2.59. The Balaban J connectivity index is 1.36. The van der Waals surface area contributed by atoms with Crippen molar-refractivity contribution in [2.24, 2.45) is 11.3 Å². The molecule has 0 atom stereocenters. The zero-order valence-corrected chi connectivity index (χ0v) is 15.6. The lowest BCUT2D eigenvalue weighted by atomic mass is 9.96. The molecular weight excluding hydrogens is 328 g/mol. The Morgan fingerprint density at radius 3 is 2.12 bits per heavy atom. The van der Waals surface area contributed by atoms with Crippen LogP contribution in [0.15, 0.2) is 24.4 Å². The molecule has 6 heteroatoms. The third-order valence-corrected chi connectivity index (χ3v) is 6.18. The fourth-order valence-corrected chi connectivity index (χ4v) is 4.14. The predicted octanol–water partition coefficient (Wildman–Crippen LogP) is 1.77. The van der Waals surface area contributed by atoms with Crippen molar-refractivity contribution in [2.75, 3.05) is 44.2 Å². The van der Waals surface area contributed by atoms with Crippen LogP contribution in [-0.4, -0.2) is 65.9 Å². The van der Waals surface area contributed by atoms with Crippen molar-refractivity contribution in [3.05, 3.63) is 24.4 Å². The molecule has 1 aliphatic carbocycles. The molecule has 3 aliphatic rings. The van der Waals surface area contributed by atoms with Gasteiger partial charge in [0.25, 0.3) is 0 Å². The quantitative estimate of drug-likeness (QED) is 0.775. The number of hydrogen-bond donors (Lipinski definition) is 0. The van der Waals surface area contributed by atoms with Crippen molar-refractivity contribution >= 4 is 17.6 Å². The summed E-state index contributed by atoms with van der Waals surface area (Å²) in [5, 5.41) is 0. The number of pyridine rings is 1. The highest BCUT2D eigenvalue weighted by molar-refractivity contribution is 6.08. The van der Waals surface area contributed by atoms with Gasteiger partial charge in [-0.25, -0.2) is 4.98 Å². The van der Waals surface area contributed by atoms with Crippen molar-refractivity contribution < 1.29 is 9.59 Å². The van der Waals surface area contributed by atoms with Crippen LogP contribution in [0.5, 0.6) is 0 Å². The molecule has 3 heterocycles. The molecule has 0 N–H and O–H groups in total. The van der Waals surface area contributed by atoms with Crippen LogP contribution in [0.25, 0.3) is 0 Å². The minimum Gasteiger partial charge on any atom is -0.353 e. The van der Waals surface area contributed by atoms with Crippen LogP contribution in [0.3, 0.4) is 0 Å². The number of piperidine rings is 1. The van der Waals surface area contributed by atoms with E-state index >= 15 is 0 Å². The Morgan fingerprint density at radius 2 is 1.58 bits per heavy atom. The van der Waals surface area contributed by atoms with Crippen molar-refractivity contribution in [1.82, 2.24) is 14.8 Å². The molecule has 0 aromatic carbocycles. The van der Waals surface area contributed by atoms with E-state index in [0.717, 1.165) is 57.7 Å². The number of nitrogens with zero attached hydrogens (tertiary/aromatic N) is 4. The zero-order valence-electron chi connectivity index (χ0n) is 15.6. The van der Waals surface area contributed by atoms with Crippen molar-refractivity contribution in [2.45, 2.75) is 32.6 Å². The van der Waals surface area contributed by atoms with Crippen LogP contribution in [0.2, 0.25) is 0 Å². The van der Waals surface area contributed by atoms with Crippen LogP contribution in [-0.2, 0) is 9.59 Å². The zero-order chi connectivity index (χ0) is 18.1. The molecule has 4 rings (SSSR count). The summed E-state index contributed by atoms with van der Waals surface area (Å²) >= 11 is 0. The van der Waals surface area contributed by atoms with Gasteiger partial charge >= 0.3 is 0 Å². The first-order valence-electron chi connectivity index (χ1n) is 9.85. The number of hydrogen-bond acceptors (Lipinski definition) is 4. The van der Waals surface area contributed by atoms with Gasteiger partial charge in [0, 0.05) is 45.5 Å². The molecule has 1 saturated carbocycles. The van der Waals surface area contributed by atoms with E-state index in [0.29, 0.717) is 19.0 Å². The second-order valence-electron chi connectivity index (χ2n) is 8.02. The minimum atomic E-state index is -0.742. The lowest BCUT2D eigenvalue weighted by molar-refractivity contribution is -0.150. The number of aromatic nitrogens is 1. The molecule has 2 aliphatic heterocycles. The number of rotatable bonds is 3. The second kappa shape index (κ2) is 6.89. The molecule has 6 nitrogen and oxygen atoms in total. The van der Waals surface area contributed by atoms with Crippen molar-refractivity contribution in [1.29, 1.82) is 0 Å². The fourth-order valence-electron chi connectivity index (χ4n) is 4.14. The number of amides is 2. The maximum atomic E-state index is 13.1. The molecule has 140 valence electrons. The van der Waals surface area contributed by atoms with Gasteiger partial charge in [-0.15, -0.1) is 0 Å². The minimum absolute atomic E-state index is 0.0572. The van der Waals surface area contributed by atoms with Gasteiger partial charge in [0.15, 0.2) is 0 Å². The summed E-state index contributed by atoms with van der Waals surface area (Å²) in [6, 6.07) is 5.89. The molecule has 26 heavy (non-hydrogen) atoms. The monoisotopic (exact) mass is 356 g/mol. The Kier molecular flexibility index (Phi) is 4.59. The largest absolute Gasteiger partial charge is 0.353 e. The number of likely N-dealkylation sites (tertiary alicyclic amines) is 1. The van der Waals surface area contributed by atoms with E-state index in [2.05, 4.69) is 16.8 Å². The number of carbonyl (C=O) groups is 2. The van der Waals surface area contributed by atoms with Crippen LogP contribution in [0.1, 0.15) is 32.6 Å². The van der Waals surface area contributed by atoms with Crippen molar-refractivity contribution in [3.63, 3.8) is 0 Å². The van der Waals surface area contributed by atoms with Crippen LogP contribution >= 0.6 is 0 Å². The maximum Gasteiger partial charge on any atom is 0.238 e. The summed E-state index contributed by atoms with van der Waals surface area (Å²) < 4.78 is 0. The molecule has 1 aromatic heterocycles. The van der Waals surface area contributed by atoms with Gasteiger partial charge < -0.3 is 14.7 Å². The van der Waals surface area contributed by atoms with Gasteiger partial charge in [-0.2, -0.15) is 0 Å². The average molecular weight is 356 g/mol. The summed E-state index contributed by atoms with van der Waals surface area (Å²) in [6.45, 7) is 6.73. The summed E-state index contributed by atoms with van der Waals surface area (Å²) in [5.41, 5.74) is -0.742. The summed E-state index contributed by atoms with van der Waals surface area (Å²) in [7, 11) is 0. The van der Waals surface area contributed by atoms with E-state index in [1.807, 2.05) is 28.0 Å². The molecule has 0 spiro atoms. The normalized spacial score (nSPS) is 23.0. The Morgan fingerprint density at radius 1 is 0.962 bits per heavy atom. The first-order valence-corrected chi connectivity index (χ1v) is 9.85. The summed E-state index contributed by atoms with van der Waals surface area (Å²) in [6.07, 6.45) is 5.34. The van der Waals surface area contributed by atoms with E-state index < -0.39 is 5.41 Å². The fraction of sp³-hybridized carbons (Fsp3) is 0.650.